The molecule has 0 aliphatic carbocycles. The SMILES string of the molecule is O=C(Nc1ccc(Br)c(F)c1)N1CCC[C@@H](CO)C1. The van der Waals surface area contributed by atoms with Crippen LogP contribution in [-0.4, -0.2) is 35.7 Å². The Labute approximate surface area is 119 Å². The molecule has 2 rings (SSSR count). The minimum Gasteiger partial charge on any atom is -0.396 e. The molecule has 1 aliphatic rings. The number of aliphatic hydroxyl groups excluding tert-OH is 1. The minimum atomic E-state index is -0.412. The van der Waals surface area contributed by atoms with E-state index in [1.165, 1.54) is 6.07 Å². The van der Waals surface area contributed by atoms with E-state index in [9.17, 15) is 9.18 Å². The molecule has 2 N–H and O–H groups in total. The van der Waals surface area contributed by atoms with Crippen molar-refractivity contribution in [3.05, 3.63) is 28.5 Å². The largest absolute Gasteiger partial charge is 0.396 e. The normalized spacial score (nSPS) is 19.3. The molecule has 0 radical (unpaired) electrons. The number of piperidine rings is 1. The second kappa shape index (κ2) is 6.34. The molecule has 0 aromatic heterocycles. The second-order valence-electron chi connectivity index (χ2n) is 4.70. The van der Waals surface area contributed by atoms with Crippen molar-refractivity contribution in [3.8, 4) is 0 Å². The maximum Gasteiger partial charge on any atom is 0.321 e. The van der Waals surface area contributed by atoms with Crippen molar-refractivity contribution in [2.45, 2.75) is 12.8 Å². The van der Waals surface area contributed by atoms with Crippen LogP contribution in [0.15, 0.2) is 22.7 Å². The number of anilines is 1. The summed E-state index contributed by atoms with van der Waals surface area (Å²) in [6, 6.07) is 4.21. The Morgan fingerprint density at radius 1 is 1.58 bits per heavy atom. The summed E-state index contributed by atoms with van der Waals surface area (Å²) in [6.07, 6.45) is 1.82. The second-order valence-corrected chi connectivity index (χ2v) is 5.55. The summed E-state index contributed by atoms with van der Waals surface area (Å²) in [7, 11) is 0. The van der Waals surface area contributed by atoms with Crippen LogP contribution < -0.4 is 5.32 Å². The van der Waals surface area contributed by atoms with Gasteiger partial charge in [0.15, 0.2) is 0 Å². The van der Waals surface area contributed by atoms with Gasteiger partial charge in [-0.25, -0.2) is 9.18 Å². The van der Waals surface area contributed by atoms with Crippen molar-refractivity contribution in [1.29, 1.82) is 0 Å². The number of amides is 2. The van der Waals surface area contributed by atoms with Gasteiger partial charge in [0.2, 0.25) is 0 Å². The van der Waals surface area contributed by atoms with E-state index in [0.29, 0.717) is 23.2 Å². The molecule has 0 bridgehead atoms. The molecular formula is C13H16BrFN2O2. The minimum absolute atomic E-state index is 0.0939. The van der Waals surface area contributed by atoms with Gasteiger partial charge in [-0.2, -0.15) is 0 Å². The number of urea groups is 1. The summed E-state index contributed by atoms with van der Waals surface area (Å²) in [4.78, 5) is 13.7. The van der Waals surface area contributed by atoms with Gasteiger partial charge in [0.05, 0.1) is 4.47 Å². The first-order chi connectivity index (χ1) is 9.10. The number of hydrogen-bond donors (Lipinski definition) is 2. The zero-order chi connectivity index (χ0) is 13.8. The molecule has 0 spiro atoms. The van der Waals surface area contributed by atoms with E-state index in [1.54, 1.807) is 17.0 Å². The molecule has 1 aliphatic heterocycles. The number of likely N-dealkylation sites (tertiary alicyclic amines) is 1. The summed E-state index contributed by atoms with van der Waals surface area (Å²) < 4.78 is 13.7. The average Bonchev–Trinajstić information content (AvgIpc) is 2.43. The summed E-state index contributed by atoms with van der Waals surface area (Å²) in [6.45, 7) is 1.30. The van der Waals surface area contributed by atoms with Crippen LogP contribution in [0.1, 0.15) is 12.8 Å². The van der Waals surface area contributed by atoms with Crippen molar-refractivity contribution >= 4 is 27.6 Å². The lowest BCUT2D eigenvalue weighted by Gasteiger charge is -2.31. The van der Waals surface area contributed by atoms with Crippen LogP contribution in [0.25, 0.3) is 0 Å². The van der Waals surface area contributed by atoms with E-state index < -0.39 is 5.82 Å². The van der Waals surface area contributed by atoms with E-state index in [0.717, 1.165) is 12.8 Å². The first kappa shape index (κ1) is 14.3. The quantitative estimate of drug-likeness (QED) is 0.876. The first-order valence-corrected chi connectivity index (χ1v) is 7.01. The molecule has 1 aromatic carbocycles. The molecule has 6 heteroatoms. The fourth-order valence-electron chi connectivity index (χ4n) is 2.17. The first-order valence-electron chi connectivity index (χ1n) is 6.22. The lowest BCUT2D eigenvalue weighted by Crippen LogP contribution is -2.43. The highest BCUT2D eigenvalue weighted by atomic mass is 79.9. The topological polar surface area (TPSA) is 52.6 Å². The molecule has 19 heavy (non-hydrogen) atoms. The summed E-state index contributed by atoms with van der Waals surface area (Å²) >= 11 is 3.06. The van der Waals surface area contributed by atoms with Crippen LogP contribution in [0.2, 0.25) is 0 Å². The van der Waals surface area contributed by atoms with Gasteiger partial charge < -0.3 is 15.3 Å². The Morgan fingerprint density at radius 2 is 2.37 bits per heavy atom. The van der Waals surface area contributed by atoms with Crippen molar-refractivity contribution in [2.24, 2.45) is 5.92 Å². The van der Waals surface area contributed by atoms with Crippen LogP contribution in [0.4, 0.5) is 14.9 Å². The number of nitrogens with one attached hydrogen (secondary N) is 1. The fraction of sp³-hybridized carbons (Fsp3) is 0.462. The van der Waals surface area contributed by atoms with E-state index in [-0.39, 0.29) is 18.6 Å². The third-order valence-electron chi connectivity index (χ3n) is 3.24. The zero-order valence-electron chi connectivity index (χ0n) is 10.4. The number of benzene rings is 1. The van der Waals surface area contributed by atoms with Crippen molar-refractivity contribution in [2.75, 3.05) is 25.0 Å². The summed E-state index contributed by atoms with van der Waals surface area (Å²) in [5, 5.41) is 11.8. The summed E-state index contributed by atoms with van der Waals surface area (Å²) in [5.74, 6) is -0.272. The van der Waals surface area contributed by atoms with Gasteiger partial charge >= 0.3 is 6.03 Å². The maximum atomic E-state index is 13.3. The molecular weight excluding hydrogens is 315 g/mol. The van der Waals surface area contributed by atoms with Gasteiger partial charge in [-0.05, 0) is 52.9 Å². The van der Waals surface area contributed by atoms with E-state index >= 15 is 0 Å². The van der Waals surface area contributed by atoms with Crippen LogP contribution in [0.5, 0.6) is 0 Å². The predicted octanol–water partition coefficient (Wildman–Crippen LogP) is 2.82. The number of rotatable bonds is 2. The number of carbonyl (C=O) groups excluding carboxylic acids is 1. The number of aliphatic hydroxyl groups is 1. The van der Waals surface area contributed by atoms with Crippen molar-refractivity contribution in [3.63, 3.8) is 0 Å². The number of nitrogens with zero attached hydrogens (tertiary/aromatic N) is 1. The number of carbonyl (C=O) groups is 1. The van der Waals surface area contributed by atoms with Crippen LogP contribution in [-0.2, 0) is 0 Å². The highest BCUT2D eigenvalue weighted by Gasteiger charge is 2.23. The smallest absolute Gasteiger partial charge is 0.321 e. The molecule has 1 fully saturated rings. The lowest BCUT2D eigenvalue weighted by atomic mass is 9.99. The molecule has 4 nitrogen and oxygen atoms in total. The molecule has 0 saturated carbocycles. The Hall–Kier alpha value is -1.14. The molecule has 1 atom stereocenters. The van der Waals surface area contributed by atoms with Gasteiger partial charge in [0.1, 0.15) is 5.82 Å². The summed E-state index contributed by atoms with van der Waals surface area (Å²) in [5.41, 5.74) is 0.428. The van der Waals surface area contributed by atoms with E-state index in [4.69, 9.17) is 5.11 Å². The Balaban J connectivity index is 1.98. The molecule has 1 saturated heterocycles. The van der Waals surface area contributed by atoms with Gasteiger partial charge in [-0.15, -0.1) is 0 Å². The molecule has 1 heterocycles. The number of hydrogen-bond acceptors (Lipinski definition) is 2. The monoisotopic (exact) mass is 330 g/mol. The van der Waals surface area contributed by atoms with Crippen LogP contribution in [0.3, 0.4) is 0 Å². The van der Waals surface area contributed by atoms with Crippen LogP contribution in [0, 0.1) is 11.7 Å². The van der Waals surface area contributed by atoms with E-state index in [1.807, 2.05) is 0 Å². The van der Waals surface area contributed by atoms with E-state index in [2.05, 4.69) is 21.2 Å². The van der Waals surface area contributed by atoms with Gasteiger partial charge in [0.25, 0.3) is 0 Å². The third-order valence-corrected chi connectivity index (χ3v) is 3.88. The Bertz CT molecular complexity index is 470. The van der Waals surface area contributed by atoms with Gasteiger partial charge in [-0.3, -0.25) is 0 Å². The average molecular weight is 331 g/mol. The van der Waals surface area contributed by atoms with Crippen molar-refractivity contribution in [1.82, 2.24) is 4.90 Å². The molecule has 1 aromatic rings. The third kappa shape index (κ3) is 3.67. The fourth-order valence-corrected chi connectivity index (χ4v) is 2.42. The Kier molecular flexibility index (Phi) is 4.76. The predicted molar refractivity (Wildman–Crippen MR) is 74.5 cm³/mol. The molecule has 0 unspecified atom stereocenters. The lowest BCUT2D eigenvalue weighted by molar-refractivity contribution is 0.136. The highest BCUT2D eigenvalue weighted by molar-refractivity contribution is 9.10. The Morgan fingerprint density at radius 3 is 3.05 bits per heavy atom. The van der Waals surface area contributed by atoms with Gasteiger partial charge in [0, 0.05) is 25.4 Å². The van der Waals surface area contributed by atoms with Crippen LogP contribution >= 0.6 is 15.9 Å². The van der Waals surface area contributed by atoms with Gasteiger partial charge in [-0.1, -0.05) is 0 Å². The van der Waals surface area contributed by atoms with Crippen molar-refractivity contribution < 1.29 is 14.3 Å². The zero-order valence-corrected chi connectivity index (χ0v) is 12.0. The molecule has 104 valence electrons. The maximum absolute atomic E-state index is 13.3. The number of halogens is 2. The standard InChI is InChI=1S/C13H16BrFN2O2/c14-11-4-3-10(6-12(11)15)16-13(19)17-5-1-2-9(7-17)8-18/h3-4,6,9,18H,1-2,5,7-8H2,(H,16,19)/t9-/m1/s1. The molecule has 2 amide bonds. The highest BCUT2D eigenvalue weighted by Crippen LogP contribution is 2.21.